The lowest BCUT2D eigenvalue weighted by Gasteiger charge is -2.31. The molecule has 86 valence electrons. The zero-order valence-corrected chi connectivity index (χ0v) is 8.97. The molecule has 1 aliphatic rings. The summed E-state index contributed by atoms with van der Waals surface area (Å²) in [5.74, 6) is 0.144. The maximum atomic E-state index is 11.6. The molecule has 2 rings (SSSR count). The van der Waals surface area contributed by atoms with Crippen LogP contribution < -0.4 is 4.90 Å². The van der Waals surface area contributed by atoms with Crippen LogP contribution in [-0.4, -0.2) is 41.8 Å². The number of β-amino-alcohol motifs (C(OH)–C–C–N with tert-alkyl or cyclic N) is 1. The fourth-order valence-corrected chi connectivity index (χ4v) is 1.98. The minimum atomic E-state index is -0.763. The third-order valence-corrected chi connectivity index (χ3v) is 2.80. The molecule has 1 unspecified atom stereocenters. The summed E-state index contributed by atoms with van der Waals surface area (Å²) in [6, 6.07) is 7.38. The van der Waals surface area contributed by atoms with Crippen LogP contribution in [0.3, 0.4) is 0 Å². The maximum Gasteiger partial charge on any atom is 0.166 e. The van der Waals surface area contributed by atoms with E-state index in [1.54, 1.807) is 6.07 Å². The molecule has 16 heavy (non-hydrogen) atoms. The topological polar surface area (TPSA) is 60.8 Å². The van der Waals surface area contributed by atoms with Crippen molar-refractivity contribution < 1.29 is 15.0 Å². The second-order valence-corrected chi connectivity index (χ2v) is 3.97. The van der Waals surface area contributed by atoms with E-state index in [-0.39, 0.29) is 12.4 Å². The molecule has 0 saturated heterocycles. The predicted molar refractivity (Wildman–Crippen MR) is 60.7 cm³/mol. The summed E-state index contributed by atoms with van der Waals surface area (Å²) in [7, 11) is 0. The van der Waals surface area contributed by atoms with Crippen molar-refractivity contribution in [2.75, 3.05) is 24.6 Å². The third-order valence-electron chi connectivity index (χ3n) is 2.80. The number of aliphatic hydroxyl groups excluding tert-OH is 2. The number of benzene rings is 1. The molecule has 0 aliphatic carbocycles. The Morgan fingerprint density at radius 1 is 1.38 bits per heavy atom. The fourth-order valence-electron chi connectivity index (χ4n) is 1.98. The lowest BCUT2D eigenvalue weighted by molar-refractivity contribution is 0.0941. The van der Waals surface area contributed by atoms with E-state index in [1.807, 2.05) is 23.1 Å². The number of hydrogen-bond donors (Lipinski definition) is 2. The van der Waals surface area contributed by atoms with Crippen LogP contribution in [-0.2, 0) is 0 Å². The highest BCUT2D eigenvalue weighted by Gasteiger charge is 2.23. The number of nitrogens with zero attached hydrogens (tertiary/aromatic N) is 1. The van der Waals surface area contributed by atoms with Gasteiger partial charge in [-0.3, -0.25) is 4.79 Å². The second-order valence-electron chi connectivity index (χ2n) is 3.97. The summed E-state index contributed by atoms with van der Waals surface area (Å²) in [5.41, 5.74) is 1.56. The Labute approximate surface area is 94.1 Å². The van der Waals surface area contributed by atoms with Crippen LogP contribution in [0.2, 0.25) is 0 Å². The molecule has 1 aromatic rings. The maximum absolute atomic E-state index is 11.6. The van der Waals surface area contributed by atoms with Gasteiger partial charge >= 0.3 is 0 Å². The number of rotatable bonds is 3. The van der Waals surface area contributed by atoms with Crippen LogP contribution in [0.25, 0.3) is 0 Å². The first kappa shape index (κ1) is 11.1. The van der Waals surface area contributed by atoms with Crippen molar-refractivity contribution >= 4 is 11.5 Å². The average Bonchev–Trinajstić information content (AvgIpc) is 2.33. The van der Waals surface area contributed by atoms with Crippen molar-refractivity contribution in [3.05, 3.63) is 29.8 Å². The van der Waals surface area contributed by atoms with Gasteiger partial charge in [-0.05, 0) is 12.1 Å². The Kier molecular flexibility index (Phi) is 3.22. The molecule has 0 spiro atoms. The molecule has 0 bridgehead atoms. The van der Waals surface area contributed by atoms with Gasteiger partial charge in [0, 0.05) is 30.8 Å². The van der Waals surface area contributed by atoms with Crippen molar-refractivity contribution in [2.24, 2.45) is 0 Å². The van der Waals surface area contributed by atoms with Crippen molar-refractivity contribution in [3.63, 3.8) is 0 Å². The number of Topliss-reactive ketones (excluding diaryl/α,β-unsaturated/α-hetero) is 1. The van der Waals surface area contributed by atoms with E-state index in [2.05, 4.69) is 0 Å². The summed E-state index contributed by atoms with van der Waals surface area (Å²) in [4.78, 5) is 13.6. The van der Waals surface area contributed by atoms with Gasteiger partial charge in [-0.2, -0.15) is 0 Å². The van der Waals surface area contributed by atoms with E-state index in [0.29, 0.717) is 25.1 Å². The number of carbonyl (C=O) groups excluding carboxylic acids is 1. The summed E-state index contributed by atoms with van der Waals surface area (Å²) < 4.78 is 0. The molecule has 0 aromatic heterocycles. The van der Waals surface area contributed by atoms with Gasteiger partial charge < -0.3 is 15.1 Å². The Morgan fingerprint density at radius 2 is 2.12 bits per heavy atom. The number of ketones is 1. The molecule has 0 amide bonds. The van der Waals surface area contributed by atoms with Crippen molar-refractivity contribution in [2.45, 2.75) is 12.5 Å². The number of anilines is 1. The molecule has 2 N–H and O–H groups in total. The summed E-state index contributed by atoms with van der Waals surface area (Å²) >= 11 is 0. The number of para-hydroxylation sites is 1. The van der Waals surface area contributed by atoms with Gasteiger partial charge in [-0.15, -0.1) is 0 Å². The highest BCUT2D eigenvalue weighted by Crippen LogP contribution is 2.26. The van der Waals surface area contributed by atoms with E-state index in [4.69, 9.17) is 5.11 Å². The molecule has 1 heterocycles. The minimum Gasteiger partial charge on any atom is -0.394 e. The largest absolute Gasteiger partial charge is 0.394 e. The highest BCUT2D eigenvalue weighted by molar-refractivity contribution is 6.03. The van der Waals surface area contributed by atoms with E-state index in [0.717, 1.165) is 5.69 Å². The Morgan fingerprint density at radius 3 is 2.88 bits per heavy atom. The van der Waals surface area contributed by atoms with Crippen LogP contribution in [0, 0.1) is 0 Å². The molecule has 4 nitrogen and oxygen atoms in total. The van der Waals surface area contributed by atoms with Crippen molar-refractivity contribution in [3.8, 4) is 0 Å². The number of fused-ring (bicyclic) bond motifs is 1. The summed E-state index contributed by atoms with van der Waals surface area (Å²) in [6.45, 7) is 0.709. The quantitative estimate of drug-likeness (QED) is 0.777. The number of aliphatic hydroxyl groups is 2. The van der Waals surface area contributed by atoms with Crippen LogP contribution >= 0.6 is 0 Å². The summed E-state index contributed by atoms with van der Waals surface area (Å²) in [5, 5.41) is 18.2. The van der Waals surface area contributed by atoms with E-state index in [9.17, 15) is 9.90 Å². The standard InChI is InChI=1S/C12H15NO3/c14-8-9(15)7-13-6-5-12(16)10-3-1-2-4-11(10)13/h1-4,9,14-15H,5-8H2. The first-order chi connectivity index (χ1) is 7.72. The van der Waals surface area contributed by atoms with Gasteiger partial charge in [0.25, 0.3) is 0 Å². The number of hydrogen-bond acceptors (Lipinski definition) is 4. The second kappa shape index (κ2) is 4.63. The molecule has 1 aliphatic heterocycles. The smallest absolute Gasteiger partial charge is 0.166 e. The predicted octanol–water partition coefficient (Wildman–Crippen LogP) is 0.433. The van der Waals surface area contributed by atoms with E-state index < -0.39 is 6.10 Å². The zero-order valence-electron chi connectivity index (χ0n) is 8.97. The van der Waals surface area contributed by atoms with Crippen molar-refractivity contribution in [1.82, 2.24) is 0 Å². The molecule has 1 atom stereocenters. The van der Waals surface area contributed by atoms with Gasteiger partial charge in [0.05, 0.1) is 12.7 Å². The van der Waals surface area contributed by atoms with Gasteiger partial charge in [-0.25, -0.2) is 0 Å². The van der Waals surface area contributed by atoms with Gasteiger partial charge in [-0.1, -0.05) is 12.1 Å². The lowest BCUT2D eigenvalue weighted by Crippen LogP contribution is -2.39. The number of carbonyl (C=O) groups is 1. The highest BCUT2D eigenvalue weighted by atomic mass is 16.3. The van der Waals surface area contributed by atoms with Crippen LogP contribution in [0.4, 0.5) is 5.69 Å². The Hall–Kier alpha value is -1.39. The first-order valence-corrected chi connectivity index (χ1v) is 5.38. The van der Waals surface area contributed by atoms with Crippen LogP contribution in [0.15, 0.2) is 24.3 Å². The van der Waals surface area contributed by atoms with Gasteiger partial charge in [0.1, 0.15) is 0 Å². The molecule has 4 heteroatoms. The normalized spacial score (nSPS) is 17.1. The third kappa shape index (κ3) is 2.08. The van der Waals surface area contributed by atoms with Crippen LogP contribution in [0.1, 0.15) is 16.8 Å². The molecule has 0 saturated carbocycles. The minimum absolute atomic E-state index is 0.144. The molecular weight excluding hydrogens is 206 g/mol. The average molecular weight is 221 g/mol. The molecule has 1 aromatic carbocycles. The van der Waals surface area contributed by atoms with E-state index in [1.165, 1.54) is 0 Å². The Balaban J connectivity index is 2.24. The molecule has 0 radical (unpaired) electrons. The Bertz CT molecular complexity index is 392. The van der Waals surface area contributed by atoms with Crippen molar-refractivity contribution in [1.29, 1.82) is 0 Å². The lowest BCUT2D eigenvalue weighted by atomic mass is 10.0. The SMILES string of the molecule is O=C1CCN(CC(O)CO)c2ccccc21. The monoisotopic (exact) mass is 221 g/mol. The van der Waals surface area contributed by atoms with Gasteiger partial charge in [0.15, 0.2) is 5.78 Å². The fraction of sp³-hybridized carbons (Fsp3) is 0.417. The molecule has 0 fully saturated rings. The van der Waals surface area contributed by atoms with Gasteiger partial charge in [0.2, 0.25) is 0 Å². The van der Waals surface area contributed by atoms with E-state index >= 15 is 0 Å². The zero-order chi connectivity index (χ0) is 11.5. The molecular formula is C12H15NO3. The van der Waals surface area contributed by atoms with Crippen LogP contribution in [0.5, 0.6) is 0 Å². The first-order valence-electron chi connectivity index (χ1n) is 5.38. The summed E-state index contributed by atoms with van der Waals surface area (Å²) in [6.07, 6.45) is -0.295.